The van der Waals surface area contributed by atoms with Crippen LogP contribution in [0.1, 0.15) is 57.2 Å². The maximum Gasteiger partial charge on any atom is 0.343 e. The van der Waals surface area contributed by atoms with Crippen LogP contribution < -0.4 is 14.2 Å². The molecule has 0 aliphatic carbocycles. The Morgan fingerprint density at radius 2 is 1.78 bits per heavy atom. The minimum atomic E-state index is -0.516. The Bertz CT molecular complexity index is 1220. The first-order valence-corrected chi connectivity index (χ1v) is 10.4. The Morgan fingerprint density at radius 1 is 1.03 bits per heavy atom. The maximum absolute atomic E-state index is 12.8. The molecule has 0 aromatic heterocycles. The van der Waals surface area contributed by atoms with E-state index < -0.39 is 5.97 Å². The molecular weight excluding hydrogens is 404 g/mol. The summed E-state index contributed by atoms with van der Waals surface area (Å²) in [6.45, 7) is 6.03. The number of carbonyl (C=O) groups excluding carboxylic acids is 2. The van der Waals surface area contributed by atoms with Crippen LogP contribution in [0.3, 0.4) is 0 Å². The van der Waals surface area contributed by atoms with E-state index in [-0.39, 0.29) is 11.5 Å². The fourth-order valence-corrected chi connectivity index (χ4v) is 3.52. The Kier molecular flexibility index (Phi) is 5.82. The molecule has 5 nitrogen and oxygen atoms in total. The van der Waals surface area contributed by atoms with Gasteiger partial charge in [0.15, 0.2) is 5.76 Å². The molecule has 0 spiro atoms. The van der Waals surface area contributed by atoms with Gasteiger partial charge in [0, 0.05) is 5.56 Å². The minimum absolute atomic E-state index is 0.193. The van der Waals surface area contributed by atoms with Gasteiger partial charge in [-0.3, -0.25) is 4.79 Å². The Morgan fingerprint density at radius 3 is 2.47 bits per heavy atom. The summed E-state index contributed by atoms with van der Waals surface area (Å²) in [6.07, 6.45) is 1.73. The highest BCUT2D eigenvalue weighted by atomic mass is 16.5. The smallest absolute Gasteiger partial charge is 0.343 e. The molecule has 0 saturated heterocycles. The van der Waals surface area contributed by atoms with E-state index in [1.807, 2.05) is 24.3 Å². The van der Waals surface area contributed by atoms with E-state index in [1.165, 1.54) is 12.7 Å². The van der Waals surface area contributed by atoms with Crippen molar-refractivity contribution < 1.29 is 23.8 Å². The lowest BCUT2D eigenvalue weighted by Gasteiger charge is -2.10. The SMILES string of the molecule is COc1cccc(C(=O)Oc2ccc3c(c2C)O/C(=C\c2ccc(C(C)C)cc2)C3=O)c1. The zero-order valence-corrected chi connectivity index (χ0v) is 18.5. The van der Waals surface area contributed by atoms with E-state index in [2.05, 4.69) is 13.8 Å². The summed E-state index contributed by atoms with van der Waals surface area (Å²) in [7, 11) is 1.53. The lowest BCUT2D eigenvalue weighted by Crippen LogP contribution is -2.09. The van der Waals surface area contributed by atoms with Crippen LogP contribution in [0, 0.1) is 6.92 Å². The van der Waals surface area contributed by atoms with E-state index >= 15 is 0 Å². The van der Waals surface area contributed by atoms with E-state index in [0.717, 1.165) is 5.56 Å². The molecule has 32 heavy (non-hydrogen) atoms. The van der Waals surface area contributed by atoms with Gasteiger partial charge in [0.2, 0.25) is 5.78 Å². The highest BCUT2D eigenvalue weighted by Gasteiger charge is 2.30. The number of hydrogen-bond donors (Lipinski definition) is 0. The maximum atomic E-state index is 12.8. The molecule has 4 rings (SSSR count). The first-order chi connectivity index (χ1) is 15.4. The molecule has 5 heteroatoms. The number of fused-ring (bicyclic) bond motifs is 1. The van der Waals surface area contributed by atoms with Gasteiger partial charge in [-0.25, -0.2) is 4.79 Å². The topological polar surface area (TPSA) is 61.8 Å². The standard InChI is InChI=1S/C27H24O5/c1-16(2)19-10-8-18(9-11-19)14-24-25(28)22-12-13-23(17(3)26(22)31-24)32-27(29)20-6-5-7-21(15-20)30-4/h5-16H,1-4H3/b24-14-. The van der Waals surface area contributed by atoms with E-state index in [4.69, 9.17) is 14.2 Å². The number of methoxy groups -OCH3 is 1. The zero-order chi connectivity index (χ0) is 22.8. The quantitative estimate of drug-likeness (QED) is 0.285. The van der Waals surface area contributed by atoms with Gasteiger partial charge in [-0.05, 0) is 60.4 Å². The lowest BCUT2D eigenvalue weighted by atomic mass is 10.0. The average Bonchev–Trinajstić information content (AvgIpc) is 3.12. The summed E-state index contributed by atoms with van der Waals surface area (Å²) >= 11 is 0. The van der Waals surface area contributed by atoms with E-state index in [1.54, 1.807) is 49.4 Å². The molecule has 0 bridgehead atoms. The third kappa shape index (κ3) is 4.14. The Hall–Kier alpha value is -3.86. The number of rotatable bonds is 5. The molecule has 0 radical (unpaired) electrons. The van der Waals surface area contributed by atoms with E-state index in [0.29, 0.717) is 39.9 Å². The van der Waals surface area contributed by atoms with Crippen molar-refractivity contribution in [1.82, 2.24) is 0 Å². The van der Waals surface area contributed by atoms with Gasteiger partial charge in [-0.2, -0.15) is 0 Å². The van der Waals surface area contributed by atoms with Crippen LogP contribution in [0.15, 0.2) is 66.4 Å². The Balaban J connectivity index is 1.57. The van der Waals surface area contributed by atoms with E-state index in [9.17, 15) is 9.59 Å². The van der Waals surface area contributed by atoms with Crippen LogP contribution in [0.2, 0.25) is 0 Å². The molecule has 1 heterocycles. The monoisotopic (exact) mass is 428 g/mol. The molecule has 0 amide bonds. The minimum Gasteiger partial charge on any atom is -0.497 e. The first-order valence-electron chi connectivity index (χ1n) is 10.4. The average molecular weight is 428 g/mol. The van der Waals surface area contributed by atoms with Crippen LogP contribution in [0.5, 0.6) is 17.2 Å². The molecule has 3 aromatic rings. The van der Waals surface area contributed by atoms with Crippen LogP contribution in [-0.2, 0) is 0 Å². The second-order valence-electron chi connectivity index (χ2n) is 7.95. The summed E-state index contributed by atoms with van der Waals surface area (Å²) in [5.41, 5.74) is 3.52. The van der Waals surface area contributed by atoms with Crippen molar-refractivity contribution in [3.05, 3.63) is 94.2 Å². The number of Topliss-reactive ketones (excluding diaryl/α,β-unsaturated/α-hetero) is 1. The van der Waals surface area contributed by atoms with Gasteiger partial charge < -0.3 is 14.2 Å². The molecule has 0 N–H and O–H groups in total. The van der Waals surface area contributed by atoms with Crippen LogP contribution in [-0.4, -0.2) is 18.9 Å². The van der Waals surface area contributed by atoms with Crippen LogP contribution in [0.25, 0.3) is 6.08 Å². The summed E-state index contributed by atoms with van der Waals surface area (Å²) in [6, 6.07) is 18.0. The first kappa shape index (κ1) is 21.4. The second-order valence-corrected chi connectivity index (χ2v) is 7.95. The molecule has 3 aromatic carbocycles. The fraction of sp³-hybridized carbons (Fsp3) is 0.185. The highest BCUT2D eigenvalue weighted by Crippen LogP contribution is 2.39. The number of allylic oxidation sites excluding steroid dienone is 1. The number of esters is 1. The van der Waals surface area contributed by atoms with Gasteiger partial charge in [-0.1, -0.05) is 44.2 Å². The van der Waals surface area contributed by atoms with Gasteiger partial charge in [-0.15, -0.1) is 0 Å². The summed E-state index contributed by atoms with van der Waals surface area (Å²) in [4.78, 5) is 25.4. The van der Waals surface area contributed by atoms with Crippen molar-refractivity contribution >= 4 is 17.8 Å². The molecule has 1 aliphatic heterocycles. The van der Waals surface area contributed by atoms with Gasteiger partial charge >= 0.3 is 5.97 Å². The van der Waals surface area contributed by atoms with Crippen molar-refractivity contribution in [1.29, 1.82) is 0 Å². The predicted octanol–water partition coefficient (Wildman–Crippen LogP) is 5.96. The molecule has 0 fully saturated rings. The highest BCUT2D eigenvalue weighted by molar-refractivity contribution is 6.15. The number of carbonyl (C=O) groups is 2. The van der Waals surface area contributed by atoms with Crippen LogP contribution in [0.4, 0.5) is 0 Å². The van der Waals surface area contributed by atoms with Gasteiger partial charge in [0.05, 0.1) is 18.2 Å². The molecular formula is C27H24O5. The van der Waals surface area contributed by atoms with Crippen molar-refractivity contribution in [3.63, 3.8) is 0 Å². The second kappa shape index (κ2) is 8.71. The number of ketones is 1. The summed E-state index contributed by atoms with van der Waals surface area (Å²) in [5, 5.41) is 0. The fourth-order valence-electron chi connectivity index (χ4n) is 3.52. The Labute approximate surface area is 187 Å². The largest absolute Gasteiger partial charge is 0.497 e. The third-order valence-electron chi connectivity index (χ3n) is 5.45. The number of hydrogen-bond acceptors (Lipinski definition) is 5. The van der Waals surface area contributed by atoms with Crippen molar-refractivity contribution in [2.45, 2.75) is 26.7 Å². The van der Waals surface area contributed by atoms with Gasteiger partial charge in [0.25, 0.3) is 0 Å². The van der Waals surface area contributed by atoms with Crippen molar-refractivity contribution in [2.24, 2.45) is 0 Å². The molecule has 0 atom stereocenters. The molecule has 1 aliphatic rings. The van der Waals surface area contributed by atoms with Crippen molar-refractivity contribution in [3.8, 4) is 17.2 Å². The summed E-state index contributed by atoms with van der Waals surface area (Å²) in [5.74, 6) is 1.29. The third-order valence-corrected chi connectivity index (χ3v) is 5.45. The van der Waals surface area contributed by atoms with Crippen LogP contribution >= 0.6 is 0 Å². The zero-order valence-electron chi connectivity index (χ0n) is 18.5. The molecule has 162 valence electrons. The lowest BCUT2D eigenvalue weighted by molar-refractivity contribution is 0.0732. The molecule has 0 unspecified atom stereocenters. The molecule has 0 saturated carbocycles. The summed E-state index contributed by atoms with van der Waals surface area (Å²) < 4.78 is 16.6. The number of ether oxygens (including phenoxy) is 3. The van der Waals surface area contributed by atoms with Gasteiger partial charge in [0.1, 0.15) is 17.2 Å². The number of benzene rings is 3. The predicted molar refractivity (Wildman–Crippen MR) is 123 cm³/mol. The van der Waals surface area contributed by atoms with Crippen molar-refractivity contribution in [2.75, 3.05) is 7.11 Å². The normalized spacial score (nSPS) is 13.8.